The molecule has 4 aromatic carbocycles. The summed E-state index contributed by atoms with van der Waals surface area (Å²) < 4.78 is 57.0. The third kappa shape index (κ3) is 9.36. The summed E-state index contributed by atoms with van der Waals surface area (Å²) in [5.41, 5.74) is 6.26. The van der Waals surface area contributed by atoms with E-state index in [1.807, 2.05) is 5.32 Å². The number of rotatable bonds is 3. The van der Waals surface area contributed by atoms with E-state index in [9.17, 15) is 62.3 Å². The van der Waals surface area contributed by atoms with Crippen molar-refractivity contribution >= 4 is 73.5 Å². The van der Waals surface area contributed by atoms with Gasteiger partial charge in [-0.15, -0.1) is 0 Å². The highest BCUT2D eigenvalue weighted by molar-refractivity contribution is 6.51. The van der Waals surface area contributed by atoms with Crippen LogP contribution in [0.25, 0.3) is 21.8 Å². The highest BCUT2D eigenvalue weighted by Gasteiger charge is 2.49. The van der Waals surface area contributed by atoms with Crippen LogP contribution in [0.4, 0.5) is 51.7 Å². The van der Waals surface area contributed by atoms with Crippen LogP contribution in [0.15, 0.2) is 85.2 Å². The number of nitrogen functional groups attached to an aromatic ring is 1. The number of aromatic nitrogens is 2. The molecule has 300 valence electrons. The minimum atomic E-state index is -3.69. The Labute approximate surface area is 321 Å². The highest BCUT2D eigenvalue weighted by Crippen LogP contribution is 2.41. The standard InChI is InChI=1S/C8H4F2N2O3.C8H5FN2O2.C8H7FN2.C8H4N2O4.C4H8O/c9-8(10)5-3-4(12(14)15)1-2-6(5)11-7(8)13;9-7-4-10-8-2-1-5(11(12)13)3-6(7)8;9-7-4-11-8-2-1-5(10)3-6(7)8;11-7-5-3-4(10(13)14)1-2-6(5)9-8(7)12;1-2-4-5-3-1/h1-3H,(H,11,13);1-4,10H;1-4,11H,10H2;1-3H,(H,9,11,12);1-4H2. The number of nitrogens with two attached hydrogens (primary N) is 1. The number of halogens is 4. The molecule has 58 heavy (non-hydrogen) atoms. The third-order valence-electron chi connectivity index (χ3n) is 8.31. The first-order valence-electron chi connectivity index (χ1n) is 16.6. The smallest absolute Gasteiger partial charge is 0.352 e. The molecular formula is C36H28F4N8O10. The van der Waals surface area contributed by atoms with E-state index in [0.717, 1.165) is 36.9 Å². The van der Waals surface area contributed by atoms with Crippen LogP contribution in [0.1, 0.15) is 28.8 Å². The number of aromatic amines is 2. The Morgan fingerprint density at radius 1 is 0.655 bits per heavy atom. The van der Waals surface area contributed by atoms with Crippen molar-refractivity contribution in [3.05, 3.63) is 138 Å². The number of non-ortho nitro benzene ring substituents is 3. The van der Waals surface area contributed by atoms with Crippen LogP contribution in [-0.2, 0) is 20.2 Å². The highest BCUT2D eigenvalue weighted by atomic mass is 19.3. The first kappa shape index (κ1) is 41.4. The van der Waals surface area contributed by atoms with Crippen molar-refractivity contribution in [3.63, 3.8) is 0 Å². The number of anilines is 3. The molecule has 0 spiro atoms. The van der Waals surface area contributed by atoms with Crippen LogP contribution < -0.4 is 16.4 Å². The zero-order valence-corrected chi connectivity index (χ0v) is 29.4. The number of fused-ring (bicyclic) bond motifs is 4. The fourth-order valence-corrected chi connectivity index (χ4v) is 5.38. The topological polar surface area (TPSA) is 272 Å². The lowest BCUT2D eigenvalue weighted by molar-refractivity contribution is -0.385. The second-order valence-electron chi connectivity index (χ2n) is 12.2. The monoisotopic (exact) mass is 808 g/mol. The van der Waals surface area contributed by atoms with E-state index in [1.165, 1.54) is 55.6 Å². The van der Waals surface area contributed by atoms with Crippen molar-refractivity contribution in [1.29, 1.82) is 0 Å². The first-order chi connectivity index (χ1) is 27.5. The molecule has 9 rings (SSSR count). The van der Waals surface area contributed by atoms with Crippen LogP contribution in [0.3, 0.4) is 0 Å². The van der Waals surface area contributed by atoms with Crippen LogP contribution in [0.2, 0.25) is 0 Å². The third-order valence-corrected chi connectivity index (χ3v) is 8.31. The zero-order valence-electron chi connectivity index (χ0n) is 29.4. The number of benzene rings is 4. The van der Waals surface area contributed by atoms with E-state index in [1.54, 1.807) is 18.2 Å². The molecule has 2 amide bonds. The summed E-state index contributed by atoms with van der Waals surface area (Å²) in [4.78, 5) is 67.4. The predicted octanol–water partition coefficient (Wildman–Crippen LogP) is 7.27. The lowest BCUT2D eigenvalue weighted by atomic mass is 10.1. The van der Waals surface area contributed by atoms with Crippen LogP contribution >= 0.6 is 0 Å². The van der Waals surface area contributed by atoms with Crippen molar-refractivity contribution in [3.8, 4) is 0 Å². The first-order valence-corrected chi connectivity index (χ1v) is 16.6. The van der Waals surface area contributed by atoms with Gasteiger partial charge >= 0.3 is 5.92 Å². The molecule has 0 bridgehead atoms. The Balaban J connectivity index is 0.000000142. The van der Waals surface area contributed by atoms with Crippen molar-refractivity contribution in [2.45, 2.75) is 18.8 Å². The van der Waals surface area contributed by atoms with Crippen molar-refractivity contribution < 1.29 is 51.5 Å². The Hall–Kier alpha value is -7.75. The molecule has 18 nitrogen and oxygen atoms in total. The van der Waals surface area contributed by atoms with Gasteiger partial charge in [0.1, 0.15) is 11.6 Å². The lowest BCUT2D eigenvalue weighted by Crippen LogP contribution is -2.23. The SMILES string of the molecule is C1CCOC1.Nc1ccc2[nH]cc(F)c2c1.O=C1Nc2ccc([N+](=O)[O-])cc2C1(F)F.O=C1Nc2ccc([N+](=O)[O-])cc2C1=O.O=[N+]([O-])c1ccc2[nH]cc(F)c2c1. The molecule has 2 aromatic heterocycles. The van der Waals surface area contributed by atoms with Gasteiger partial charge in [-0.05, 0) is 49.2 Å². The summed E-state index contributed by atoms with van der Waals surface area (Å²) in [6.07, 6.45) is 5.05. The van der Waals surface area contributed by atoms with Crippen molar-refractivity contribution in [1.82, 2.24) is 9.97 Å². The van der Waals surface area contributed by atoms with E-state index in [4.69, 9.17) is 10.5 Å². The van der Waals surface area contributed by atoms with Gasteiger partial charge in [0.25, 0.3) is 34.7 Å². The maximum Gasteiger partial charge on any atom is 0.352 e. The molecular weight excluding hydrogens is 780 g/mol. The number of alkyl halides is 2. The number of carbonyl (C=O) groups is 3. The Bertz CT molecular complexity index is 2580. The molecule has 6 N–H and O–H groups in total. The molecule has 0 saturated carbocycles. The fourth-order valence-electron chi connectivity index (χ4n) is 5.38. The zero-order chi connectivity index (χ0) is 42.3. The maximum absolute atomic E-state index is 13.1. The second-order valence-corrected chi connectivity index (χ2v) is 12.2. The normalized spacial score (nSPS) is 14.2. The van der Waals surface area contributed by atoms with Crippen molar-refractivity contribution in [2.75, 3.05) is 29.6 Å². The number of nitro groups is 3. The molecule has 1 saturated heterocycles. The number of ketones is 1. The number of hydrogen-bond acceptors (Lipinski definition) is 11. The lowest BCUT2D eigenvalue weighted by Gasteiger charge is -2.05. The molecule has 22 heteroatoms. The summed E-state index contributed by atoms with van der Waals surface area (Å²) in [7, 11) is 0. The molecule has 3 aliphatic heterocycles. The molecule has 3 aliphatic rings. The minimum Gasteiger partial charge on any atom is -0.399 e. The van der Waals surface area contributed by atoms with Crippen molar-refractivity contribution in [2.24, 2.45) is 0 Å². The molecule has 0 atom stereocenters. The average Bonchev–Trinajstić information content (AvgIpc) is 4.04. The van der Waals surface area contributed by atoms with E-state index >= 15 is 0 Å². The number of nitrogens with zero attached hydrogens (tertiary/aromatic N) is 3. The summed E-state index contributed by atoms with van der Waals surface area (Å²) in [5.74, 6) is -7.37. The number of carbonyl (C=O) groups excluding carboxylic acids is 3. The summed E-state index contributed by atoms with van der Waals surface area (Å²) in [5, 5.41) is 36.1. The molecule has 5 heterocycles. The van der Waals surface area contributed by atoms with Gasteiger partial charge in [-0.3, -0.25) is 44.7 Å². The number of amides is 2. The van der Waals surface area contributed by atoms with Crippen LogP contribution in [0.5, 0.6) is 0 Å². The number of Topliss-reactive ketones (excluding diaryl/α,β-unsaturated/α-hetero) is 1. The van der Waals surface area contributed by atoms with Gasteiger partial charge in [0.15, 0.2) is 0 Å². The fraction of sp³-hybridized carbons (Fsp3) is 0.139. The average molecular weight is 809 g/mol. The van der Waals surface area contributed by atoms with Gasteiger partial charge in [0, 0.05) is 89.5 Å². The maximum atomic E-state index is 13.1. The largest absolute Gasteiger partial charge is 0.399 e. The minimum absolute atomic E-state index is 0.0594. The number of hydrogen-bond donors (Lipinski definition) is 5. The number of ether oxygens (including phenoxy) is 1. The number of H-pyrrole nitrogens is 2. The summed E-state index contributed by atoms with van der Waals surface area (Å²) >= 11 is 0. The van der Waals surface area contributed by atoms with Crippen LogP contribution in [0, 0.1) is 42.0 Å². The summed E-state index contributed by atoms with van der Waals surface area (Å²) in [6.45, 7) is 2.00. The quantitative estimate of drug-likeness (QED) is 0.0390. The Morgan fingerprint density at radius 2 is 1.16 bits per heavy atom. The predicted molar refractivity (Wildman–Crippen MR) is 199 cm³/mol. The van der Waals surface area contributed by atoms with Gasteiger partial charge < -0.3 is 31.1 Å². The van der Waals surface area contributed by atoms with Gasteiger partial charge in [0.05, 0.1) is 37.3 Å². The Morgan fingerprint density at radius 3 is 1.71 bits per heavy atom. The van der Waals surface area contributed by atoms with Gasteiger partial charge in [-0.2, -0.15) is 8.78 Å². The summed E-state index contributed by atoms with van der Waals surface area (Å²) in [6, 6.07) is 15.6. The van der Waals surface area contributed by atoms with Gasteiger partial charge in [-0.1, -0.05) is 0 Å². The van der Waals surface area contributed by atoms with E-state index in [0.29, 0.717) is 28.3 Å². The number of nitro benzene ring substituents is 3. The second kappa shape index (κ2) is 17.4. The molecule has 6 aromatic rings. The molecule has 1 fully saturated rings. The molecule has 0 aliphatic carbocycles. The number of nitrogens with one attached hydrogen (secondary N) is 4. The van der Waals surface area contributed by atoms with Gasteiger partial charge in [-0.25, -0.2) is 8.78 Å². The van der Waals surface area contributed by atoms with E-state index in [-0.39, 0.29) is 33.8 Å². The Kier molecular flexibility index (Phi) is 12.4. The van der Waals surface area contributed by atoms with E-state index < -0.39 is 55.4 Å². The molecule has 0 unspecified atom stereocenters. The van der Waals surface area contributed by atoms with Gasteiger partial charge in [0.2, 0.25) is 0 Å². The van der Waals surface area contributed by atoms with E-state index in [2.05, 4.69) is 15.3 Å². The molecule has 0 radical (unpaired) electrons. The van der Waals surface area contributed by atoms with Crippen LogP contribution in [-0.4, -0.2) is 55.5 Å².